The van der Waals surface area contributed by atoms with Gasteiger partial charge in [-0.05, 0) is 43.9 Å². The van der Waals surface area contributed by atoms with Gasteiger partial charge in [-0.1, -0.05) is 25.6 Å². The smallest absolute Gasteiger partial charge is 0.166 e. The molecule has 2 aromatic rings. The quantitative estimate of drug-likeness (QED) is 0.575. The Kier molecular flexibility index (Phi) is 5.53. The fraction of sp³-hybridized carbons (Fsp3) is 0.562. The van der Waals surface area contributed by atoms with Crippen molar-refractivity contribution >= 4 is 22.8 Å². The predicted molar refractivity (Wildman–Crippen MR) is 90.1 cm³/mol. The minimum atomic E-state index is 0.237. The van der Waals surface area contributed by atoms with Crippen LogP contribution in [-0.2, 0) is 0 Å². The first-order chi connectivity index (χ1) is 10.0. The van der Waals surface area contributed by atoms with E-state index in [0.29, 0.717) is 6.61 Å². The summed E-state index contributed by atoms with van der Waals surface area (Å²) in [6, 6.07) is 5.97. The van der Waals surface area contributed by atoms with E-state index in [4.69, 9.17) is 10.5 Å². The molecule has 0 radical (unpaired) electrons. The molecule has 0 amide bonds. The summed E-state index contributed by atoms with van der Waals surface area (Å²) in [5.41, 5.74) is 8.01. The molecule has 21 heavy (non-hydrogen) atoms. The van der Waals surface area contributed by atoms with E-state index in [1.807, 2.05) is 25.1 Å². The number of rotatable bonds is 8. The van der Waals surface area contributed by atoms with Gasteiger partial charge in [0, 0.05) is 11.8 Å². The van der Waals surface area contributed by atoms with Gasteiger partial charge in [-0.3, -0.25) is 0 Å². The summed E-state index contributed by atoms with van der Waals surface area (Å²) in [7, 11) is 0. The Morgan fingerprint density at radius 1 is 1.38 bits per heavy atom. The SMILES string of the molecule is CCOc1ccc2nc(SCCCC(C)(C)CN)[nH]c2c1. The minimum Gasteiger partial charge on any atom is -0.494 e. The van der Waals surface area contributed by atoms with Crippen LogP contribution in [0.1, 0.15) is 33.6 Å². The van der Waals surface area contributed by atoms with Gasteiger partial charge in [0.1, 0.15) is 5.75 Å². The molecular formula is C16H25N3OS. The van der Waals surface area contributed by atoms with Crippen LogP contribution in [0.3, 0.4) is 0 Å². The number of nitrogens with two attached hydrogens (primary N) is 1. The third-order valence-corrected chi connectivity index (χ3v) is 4.49. The zero-order chi connectivity index (χ0) is 15.3. The minimum absolute atomic E-state index is 0.237. The average Bonchev–Trinajstić information content (AvgIpc) is 2.86. The molecule has 0 aliphatic carbocycles. The van der Waals surface area contributed by atoms with Crippen LogP contribution in [0, 0.1) is 5.41 Å². The van der Waals surface area contributed by atoms with E-state index in [2.05, 4.69) is 23.8 Å². The number of ether oxygens (including phenoxy) is 1. The number of H-pyrrole nitrogens is 1. The molecule has 1 heterocycles. The number of benzene rings is 1. The molecule has 116 valence electrons. The van der Waals surface area contributed by atoms with Gasteiger partial charge < -0.3 is 15.5 Å². The first-order valence-corrected chi connectivity index (χ1v) is 8.48. The Morgan fingerprint density at radius 3 is 2.90 bits per heavy atom. The number of nitrogens with zero attached hydrogens (tertiary/aromatic N) is 1. The van der Waals surface area contributed by atoms with Crippen molar-refractivity contribution in [3.05, 3.63) is 18.2 Å². The van der Waals surface area contributed by atoms with Crippen LogP contribution in [-0.4, -0.2) is 28.9 Å². The number of hydrogen-bond donors (Lipinski definition) is 2. The van der Waals surface area contributed by atoms with Gasteiger partial charge in [0.05, 0.1) is 17.6 Å². The number of nitrogens with one attached hydrogen (secondary N) is 1. The zero-order valence-electron chi connectivity index (χ0n) is 13.1. The predicted octanol–water partition coefficient (Wildman–Crippen LogP) is 3.82. The fourth-order valence-electron chi connectivity index (χ4n) is 2.11. The standard InChI is InChI=1S/C16H25N3OS/c1-4-20-12-6-7-13-14(10-12)19-15(18-13)21-9-5-8-16(2,3)11-17/h6-7,10H,4-5,8-9,11,17H2,1-3H3,(H,18,19). The lowest BCUT2D eigenvalue weighted by Crippen LogP contribution is -2.23. The van der Waals surface area contributed by atoms with Crippen LogP contribution in [0.4, 0.5) is 0 Å². The summed E-state index contributed by atoms with van der Waals surface area (Å²) in [5.74, 6) is 1.94. The number of hydrogen-bond acceptors (Lipinski definition) is 4. The van der Waals surface area contributed by atoms with Crippen LogP contribution in [0.25, 0.3) is 11.0 Å². The molecule has 0 fully saturated rings. The summed E-state index contributed by atoms with van der Waals surface area (Å²) >= 11 is 1.77. The molecule has 0 aliphatic heterocycles. The lowest BCUT2D eigenvalue weighted by Gasteiger charge is -2.21. The van der Waals surface area contributed by atoms with Crippen molar-refractivity contribution in [2.45, 2.75) is 38.8 Å². The zero-order valence-corrected chi connectivity index (χ0v) is 13.9. The van der Waals surface area contributed by atoms with Crippen molar-refractivity contribution in [2.24, 2.45) is 11.1 Å². The third kappa shape index (κ3) is 4.64. The number of imidazole rings is 1. The second kappa shape index (κ2) is 7.18. The van der Waals surface area contributed by atoms with Gasteiger partial charge in [0.15, 0.2) is 5.16 Å². The van der Waals surface area contributed by atoms with E-state index < -0.39 is 0 Å². The lowest BCUT2D eigenvalue weighted by atomic mass is 9.88. The van der Waals surface area contributed by atoms with Crippen molar-refractivity contribution in [3.8, 4) is 5.75 Å². The highest BCUT2D eigenvalue weighted by Crippen LogP contribution is 2.26. The Bertz CT molecular complexity index is 580. The van der Waals surface area contributed by atoms with E-state index in [1.54, 1.807) is 11.8 Å². The van der Waals surface area contributed by atoms with Crippen LogP contribution >= 0.6 is 11.8 Å². The monoisotopic (exact) mass is 307 g/mol. The van der Waals surface area contributed by atoms with Crippen molar-refractivity contribution < 1.29 is 4.74 Å². The van der Waals surface area contributed by atoms with Gasteiger partial charge >= 0.3 is 0 Å². The second-order valence-electron chi connectivity index (χ2n) is 5.97. The molecule has 0 saturated carbocycles. The average molecular weight is 307 g/mol. The molecule has 4 nitrogen and oxygen atoms in total. The Hall–Kier alpha value is -1.20. The van der Waals surface area contributed by atoms with Crippen LogP contribution in [0.15, 0.2) is 23.4 Å². The van der Waals surface area contributed by atoms with E-state index in [-0.39, 0.29) is 5.41 Å². The number of thioether (sulfide) groups is 1. The van der Waals surface area contributed by atoms with E-state index >= 15 is 0 Å². The molecule has 0 unspecified atom stereocenters. The largest absolute Gasteiger partial charge is 0.494 e. The summed E-state index contributed by atoms with van der Waals surface area (Å²) in [6.45, 7) is 7.84. The number of aromatic amines is 1. The molecule has 0 spiro atoms. The summed E-state index contributed by atoms with van der Waals surface area (Å²) in [5, 5.41) is 0.976. The highest BCUT2D eigenvalue weighted by atomic mass is 32.2. The van der Waals surface area contributed by atoms with Crippen molar-refractivity contribution in [2.75, 3.05) is 18.9 Å². The first-order valence-electron chi connectivity index (χ1n) is 7.49. The second-order valence-corrected chi connectivity index (χ2v) is 7.06. The third-order valence-electron chi connectivity index (χ3n) is 3.53. The van der Waals surface area contributed by atoms with E-state index in [9.17, 15) is 0 Å². The van der Waals surface area contributed by atoms with Crippen LogP contribution < -0.4 is 10.5 Å². The summed E-state index contributed by atoms with van der Waals surface area (Å²) < 4.78 is 5.51. The maximum Gasteiger partial charge on any atom is 0.166 e. The molecule has 0 saturated heterocycles. The van der Waals surface area contributed by atoms with E-state index in [0.717, 1.165) is 47.1 Å². The maximum atomic E-state index is 5.75. The molecule has 5 heteroatoms. The summed E-state index contributed by atoms with van der Waals surface area (Å²) in [6.07, 6.45) is 2.29. The Balaban J connectivity index is 1.91. The van der Waals surface area contributed by atoms with Gasteiger partial charge in [-0.25, -0.2) is 4.98 Å². The molecule has 1 aromatic carbocycles. The van der Waals surface area contributed by atoms with Crippen molar-refractivity contribution in [1.29, 1.82) is 0 Å². The maximum absolute atomic E-state index is 5.75. The summed E-state index contributed by atoms with van der Waals surface area (Å²) in [4.78, 5) is 7.95. The van der Waals surface area contributed by atoms with Gasteiger partial charge in [0.2, 0.25) is 0 Å². The lowest BCUT2D eigenvalue weighted by molar-refractivity contribution is 0.340. The van der Waals surface area contributed by atoms with Gasteiger partial charge in [-0.2, -0.15) is 0 Å². The van der Waals surface area contributed by atoms with E-state index in [1.165, 1.54) is 0 Å². The number of aromatic nitrogens is 2. The molecule has 2 rings (SSSR count). The molecule has 0 bridgehead atoms. The van der Waals surface area contributed by atoms with Gasteiger partial charge in [0.25, 0.3) is 0 Å². The molecular weight excluding hydrogens is 282 g/mol. The first kappa shape index (κ1) is 16.2. The topological polar surface area (TPSA) is 63.9 Å². The molecule has 3 N–H and O–H groups in total. The highest BCUT2D eigenvalue weighted by Gasteiger charge is 2.14. The van der Waals surface area contributed by atoms with Crippen molar-refractivity contribution in [1.82, 2.24) is 9.97 Å². The normalized spacial score (nSPS) is 12.0. The Labute approximate surface area is 130 Å². The Morgan fingerprint density at radius 2 is 2.19 bits per heavy atom. The fourth-order valence-corrected chi connectivity index (χ4v) is 2.94. The van der Waals surface area contributed by atoms with Gasteiger partial charge in [-0.15, -0.1) is 0 Å². The van der Waals surface area contributed by atoms with Crippen molar-refractivity contribution in [3.63, 3.8) is 0 Å². The molecule has 0 atom stereocenters. The van der Waals surface area contributed by atoms with Crippen LogP contribution in [0.2, 0.25) is 0 Å². The number of fused-ring (bicyclic) bond motifs is 1. The molecule has 1 aromatic heterocycles. The van der Waals surface area contributed by atoms with Crippen LogP contribution in [0.5, 0.6) is 5.75 Å². The highest BCUT2D eigenvalue weighted by molar-refractivity contribution is 7.99. The molecule has 0 aliphatic rings.